The van der Waals surface area contributed by atoms with Gasteiger partial charge in [0.15, 0.2) is 0 Å². The molecule has 4 heteroatoms. The molecule has 0 bridgehead atoms. The van der Waals surface area contributed by atoms with Crippen LogP contribution in [0.3, 0.4) is 0 Å². The quantitative estimate of drug-likeness (QED) is 0.250. The van der Waals surface area contributed by atoms with Crippen molar-refractivity contribution >= 4 is 17.2 Å². The normalized spacial score (nSPS) is 10.2. The van der Waals surface area contributed by atoms with Crippen LogP contribution in [0.25, 0.3) is 16.9 Å². The molecule has 5 aromatic rings. The molecule has 0 aliphatic carbocycles. The van der Waals surface area contributed by atoms with E-state index in [1.165, 1.54) is 16.7 Å². The van der Waals surface area contributed by atoms with Gasteiger partial charge in [-0.1, -0.05) is 29.8 Å². The Morgan fingerprint density at radius 2 is 1.47 bits per heavy atom. The van der Waals surface area contributed by atoms with Crippen LogP contribution in [0, 0.1) is 20.8 Å². The van der Waals surface area contributed by atoms with E-state index in [0.717, 1.165) is 28.4 Å². The molecule has 3 aromatic carbocycles. The number of hydrogen-bond acceptors (Lipinski definition) is 2. The van der Waals surface area contributed by atoms with Crippen LogP contribution in [0.1, 0.15) is 16.7 Å². The van der Waals surface area contributed by atoms with Crippen LogP contribution in [0.4, 0.5) is 11.5 Å². The molecule has 0 saturated carbocycles. The molecule has 1 N–H and O–H groups in total. The number of aromatic nitrogens is 2. The molecule has 152 valence electrons. The van der Waals surface area contributed by atoms with E-state index in [1.807, 2.05) is 30.3 Å². The molecule has 0 atom stereocenters. The van der Waals surface area contributed by atoms with Gasteiger partial charge >= 0.3 is 17.1 Å². The number of aryl methyl sites for hydroxylation is 3. The van der Waals surface area contributed by atoms with Crippen molar-refractivity contribution < 1.29 is 17.1 Å². The average Bonchev–Trinajstić information content (AvgIpc) is 3.48. The number of benzene rings is 1. The predicted molar refractivity (Wildman–Crippen MR) is 122 cm³/mol. The van der Waals surface area contributed by atoms with E-state index >= 15 is 0 Å². The fourth-order valence-corrected chi connectivity index (χ4v) is 3.51. The van der Waals surface area contributed by atoms with Crippen molar-refractivity contribution in [2.75, 3.05) is 5.32 Å². The zero-order chi connectivity index (χ0) is 20.2. The molecule has 5 rings (SSSR count). The molecule has 0 fully saturated rings. The first kappa shape index (κ1) is 21.6. The first-order chi connectivity index (χ1) is 14.1. The zero-order valence-electron chi connectivity index (χ0n) is 17.4. The predicted octanol–water partition coefficient (Wildman–Crippen LogP) is 6.79. The summed E-state index contributed by atoms with van der Waals surface area (Å²) in [6, 6.07) is 28.8. The SMILES string of the molecule is Cc1cccc(C)c1Nc1c(-[c-]2cccc2)nc2c(C)cccn12.[Fe+2].c1cc[cH-]c1. The van der Waals surface area contributed by atoms with E-state index in [0.29, 0.717) is 0 Å². The van der Waals surface area contributed by atoms with E-state index in [4.69, 9.17) is 4.98 Å². The first-order valence-corrected chi connectivity index (χ1v) is 9.85. The van der Waals surface area contributed by atoms with Gasteiger partial charge in [0.05, 0.1) is 5.82 Å². The Bertz CT molecular complexity index is 1160. The van der Waals surface area contributed by atoms with Crippen molar-refractivity contribution in [2.24, 2.45) is 0 Å². The Morgan fingerprint density at radius 3 is 2.07 bits per heavy atom. The molecule has 0 amide bonds. The monoisotopic (exact) mass is 435 g/mol. The van der Waals surface area contributed by atoms with Crippen molar-refractivity contribution in [2.45, 2.75) is 20.8 Å². The van der Waals surface area contributed by atoms with Crippen molar-refractivity contribution in [1.29, 1.82) is 0 Å². The number of fused-ring (bicyclic) bond motifs is 1. The van der Waals surface area contributed by atoms with Crippen LogP contribution >= 0.6 is 0 Å². The van der Waals surface area contributed by atoms with Crippen molar-refractivity contribution in [1.82, 2.24) is 9.38 Å². The molecule has 0 aliphatic rings. The summed E-state index contributed by atoms with van der Waals surface area (Å²) in [6.07, 6.45) is 2.07. The third-order valence-electron chi connectivity index (χ3n) is 5.06. The molecule has 0 unspecified atom stereocenters. The second-order valence-corrected chi connectivity index (χ2v) is 7.22. The Balaban J connectivity index is 0.000000376. The van der Waals surface area contributed by atoms with Crippen LogP contribution in [-0.4, -0.2) is 9.38 Å². The summed E-state index contributed by atoms with van der Waals surface area (Å²) in [6.45, 7) is 6.36. The smallest absolute Gasteiger partial charge is 0.378 e. The minimum absolute atomic E-state index is 0. The number of imidazole rings is 1. The van der Waals surface area contributed by atoms with Gasteiger partial charge in [0.1, 0.15) is 5.65 Å². The van der Waals surface area contributed by atoms with Gasteiger partial charge in [-0.05, 0) is 43.5 Å². The Kier molecular flexibility index (Phi) is 6.94. The van der Waals surface area contributed by atoms with Crippen LogP contribution in [-0.2, 0) is 17.1 Å². The minimum atomic E-state index is 0. The van der Waals surface area contributed by atoms with E-state index in [2.05, 4.69) is 91.3 Å². The Morgan fingerprint density at radius 1 is 0.833 bits per heavy atom. The van der Waals surface area contributed by atoms with E-state index in [1.54, 1.807) is 0 Å². The van der Waals surface area contributed by atoms with E-state index < -0.39 is 0 Å². The fraction of sp³-hybridized carbons (Fsp3) is 0.115. The summed E-state index contributed by atoms with van der Waals surface area (Å²) in [5.41, 5.74) is 7.87. The van der Waals surface area contributed by atoms with Gasteiger partial charge in [-0.3, -0.25) is 0 Å². The van der Waals surface area contributed by atoms with Crippen molar-refractivity contribution in [3.63, 3.8) is 0 Å². The molecular formula is C26H25FeN3. The fourth-order valence-electron chi connectivity index (χ4n) is 3.51. The average molecular weight is 435 g/mol. The Labute approximate surface area is 188 Å². The zero-order valence-corrected chi connectivity index (χ0v) is 18.5. The molecular weight excluding hydrogens is 410 g/mol. The maximum absolute atomic E-state index is 4.91. The number of nitrogens with zero attached hydrogens (tertiary/aromatic N) is 2. The van der Waals surface area contributed by atoms with E-state index in [9.17, 15) is 0 Å². The van der Waals surface area contributed by atoms with Crippen LogP contribution in [0.5, 0.6) is 0 Å². The molecule has 0 spiro atoms. The molecule has 0 aliphatic heterocycles. The second kappa shape index (κ2) is 9.62. The topological polar surface area (TPSA) is 29.3 Å². The number of para-hydroxylation sites is 1. The van der Waals surface area contributed by atoms with Gasteiger partial charge in [0.25, 0.3) is 0 Å². The molecule has 2 heterocycles. The maximum Gasteiger partial charge on any atom is 2.00 e. The third-order valence-corrected chi connectivity index (χ3v) is 5.06. The summed E-state index contributed by atoms with van der Waals surface area (Å²) in [5.74, 6) is 1.01. The standard InChI is InChI=1S/C21H20N3.C5H5.Fe/c1-14-8-6-9-15(2)18(14)22-21-19(17-11-4-5-12-17)23-20-16(3)10-7-13-24(20)21;1-2-4-5-3-1;/h4-13,22H,1-3H3;1-5H;/q2*-1;+2. The first-order valence-electron chi connectivity index (χ1n) is 9.85. The van der Waals surface area contributed by atoms with Crippen molar-refractivity contribution in [3.05, 3.63) is 108 Å². The van der Waals surface area contributed by atoms with Crippen LogP contribution in [0.15, 0.2) is 91.1 Å². The maximum atomic E-state index is 4.91. The third kappa shape index (κ3) is 4.40. The van der Waals surface area contributed by atoms with Crippen molar-refractivity contribution in [3.8, 4) is 11.3 Å². The second-order valence-electron chi connectivity index (χ2n) is 7.22. The summed E-state index contributed by atoms with van der Waals surface area (Å²) >= 11 is 0. The number of pyridine rings is 1. The molecule has 0 radical (unpaired) electrons. The molecule has 0 saturated heterocycles. The van der Waals surface area contributed by atoms with Gasteiger partial charge in [0, 0.05) is 17.6 Å². The van der Waals surface area contributed by atoms with Crippen LogP contribution in [0.2, 0.25) is 0 Å². The summed E-state index contributed by atoms with van der Waals surface area (Å²) in [4.78, 5) is 4.91. The number of rotatable bonds is 3. The van der Waals surface area contributed by atoms with Gasteiger partial charge in [-0.2, -0.15) is 30.3 Å². The molecule has 2 aromatic heterocycles. The molecule has 3 nitrogen and oxygen atoms in total. The Hall–Kier alpha value is -3.07. The summed E-state index contributed by atoms with van der Waals surface area (Å²) < 4.78 is 2.14. The number of anilines is 2. The number of hydrogen-bond donors (Lipinski definition) is 1. The van der Waals surface area contributed by atoms with Gasteiger partial charge < -0.3 is 9.72 Å². The molecule has 30 heavy (non-hydrogen) atoms. The summed E-state index contributed by atoms with van der Waals surface area (Å²) in [7, 11) is 0. The van der Waals surface area contributed by atoms with Gasteiger partial charge in [-0.15, -0.1) is 12.1 Å². The minimum Gasteiger partial charge on any atom is -0.378 e. The largest absolute Gasteiger partial charge is 2.00 e. The van der Waals surface area contributed by atoms with E-state index in [-0.39, 0.29) is 17.1 Å². The number of nitrogens with one attached hydrogen (secondary N) is 1. The summed E-state index contributed by atoms with van der Waals surface area (Å²) in [5, 5.41) is 3.65. The van der Waals surface area contributed by atoms with Gasteiger partial charge in [-0.25, -0.2) is 17.1 Å². The van der Waals surface area contributed by atoms with Gasteiger partial charge in [0.2, 0.25) is 0 Å². The van der Waals surface area contributed by atoms with Crippen LogP contribution < -0.4 is 5.32 Å².